The number of amides is 1. The standard InChI is InChI=1S/C25H29NO3/c1-6-28-23-13-24-21(22(15-29-24)19-9-7-17(4)8-10-19)12-20(23)18(5)11-25(27)26-14-16(2)3/h7-13,15-16H,6,14H2,1-5H3,(H,26,27)/b18-11+. The van der Waals surface area contributed by atoms with E-state index in [4.69, 9.17) is 9.15 Å². The molecule has 1 amide bonds. The highest BCUT2D eigenvalue weighted by Crippen LogP contribution is 2.37. The first kappa shape index (κ1) is 20.7. The number of hydrogen-bond acceptors (Lipinski definition) is 3. The molecule has 152 valence electrons. The van der Waals surface area contributed by atoms with Crippen molar-refractivity contribution in [2.24, 2.45) is 5.92 Å². The van der Waals surface area contributed by atoms with Gasteiger partial charge in [0.2, 0.25) is 5.91 Å². The van der Waals surface area contributed by atoms with Crippen molar-refractivity contribution in [3.63, 3.8) is 0 Å². The van der Waals surface area contributed by atoms with E-state index in [1.54, 1.807) is 12.3 Å². The van der Waals surface area contributed by atoms with Crippen molar-refractivity contribution in [2.45, 2.75) is 34.6 Å². The second-order valence-electron chi connectivity index (χ2n) is 7.76. The maximum atomic E-state index is 12.3. The number of aryl methyl sites for hydroxylation is 1. The molecule has 0 fully saturated rings. The third-order valence-electron chi connectivity index (χ3n) is 4.80. The third-order valence-corrected chi connectivity index (χ3v) is 4.80. The second-order valence-corrected chi connectivity index (χ2v) is 7.76. The van der Waals surface area contributed by atoms with E-state index < -0.39 is 0 Å². The van der Waals surface area contributed by atoms with Gasteiger partial charge in [0, 0.05) is 35.2 Å². The van der Waals surface area contributed by atoms with Gasteiger partial charge in [0.15, 0.2) is 0 Å². The molecule has 4 nitrogen and oxygen atoms in total. The number of ether oxygens (including phenoxy) is 1. The largest absolute Gasteiger partial charge is 0.493 e. The van der Waals surface area contributed by atoms with Crippen molar-refractivity contribution < 1.29 is 13.9 Å². The van der Waals surface area contributed by atoms with Crippen LogP contribution in [0.5, 0.6) is 5.75 Å². The number of carbonyl (C=O) groups is 1. The van der Waals surface area contributed by atoms with E-state index >= 15 is 0 Å². The molecule has 0 aliphatic heterocycles. The highest BCUT2D eigenvalue weighted by atomic mass is 16.5. The Morgan fingerprint density at radius 2 is 1.93 bits per heavy atom. The maximum Gasteiger partial charge on any atom is 0.244 e. The van der Waals surface area contributed by atoms with E-state index in [1.807, 2.05) is 19.9 Å². The number of rotatable bonds is 7. The molecule has 2 aromatic carbocycles. The molecule has 4 heteroatoms. The molecule has 1 N–H and O–H groups in total. The molecule has 0 saturated heterocycles. The zero-order chi connectivity index (χ0) is 21.0. The molecule has 3 rings (SSSR count). The third kappa shape index (κ3) is 4.89. The van der Waals surface area contributed by atoms with Crippen LogP contribution in [-0.4, -0.2) is 19.1 Å². The van der Waals surface area contributed by atoms with E-state index in [2.05, 4.69) is 56.4 Å². The van der Waals surface area contributed by atoms with Gasteiger partial charge in [-0.2, -0.15) is 0 Å². The Bertz CT molecular complexity index is 1030. The molecule has 3 aromatic rings. The van der Waals surface area contributed by atoms with E-state index in [9.17, 15) is 4.79 Å². The molecule has 0 saturated carbocycles. The van der Waals surface area contributed by atoms with E-state index in [0.29, 0.717) is 19.1 Å². The number of fused-ring (bicyclic) bond motifs is 1. The lowest BCUT2D eigenvalue weighted by molar-refractivity contribution is -0.116. The Labute approximate surface area is 172 Å². The predicted octanol–water partition coefficient (Wildman–Crippen LogP) is 5.98. The maximum absolute atomic E-state index is 12.3. The number of hydrogen-bond donors (Lipinski definition) is 1. The molecule has 1 aromatic heterocycles. The van der Waals surface area contributed by atoms with Crippen LogP contribution in [0.1, 0.15) is 38.8 Å². The predicted molar refractivity (Wildman–Crippen MR) is 119 cm³/mol. The van der Waals surface area contributed by atoms with Gasteiger partial charge in [-0.3, -0.25) is 4.79 Å². The molecular formula is C25H29NO3. The van der Waals surface area contributed by atoms with Gasteiger partial charge in [0.05, 0.1) is 12.9 Å². The summed E-state index contributed by atoms with van der Waals surface area (Å²) in [5.41, 5.74) is 5.86. The van der Waals surface area contributed by atoms with Crippen molar-refractivity contribution in [2.75, 3.05) is 13.2 Å². The summed E-state index contributed by atoms with van der Waals surface area (Å²) in [7, 11) is 0. The van der Waals surface area contributed by atoms with Crippen LogP contribution in [-0.2, 0) is 4.79 Å². The molecule has 0 radical (unpaired) electrons. The van der Waals surface area contributed by atoms with Gasteiger partial charge in [-0.1, -0.05) is 43.7 Å². The SMILES string of the molecule is CCOc1cc2occ(-c3ccc(C)cc3)c2cc1/C(C)=C/C(=O)NCC(C)C. The highest BCUT2D eigenvalue weighted by molar-refractivity contribution is 6.00. The lowest BCUT2D eigenvalue weighted by Gasteiger charge is -2.12. The molecule has 0 aliphatic rings. The van der Waals surface area contributed by atoms with Gasteiger partial charge in [0.1, 0.15) is 11.3 Å². The quantitative estimate of drug-likeness (QED) is 0.504. The number of allylic oxidation sites excluding steroid dienone is 1. The summed E-state index contributed by atoms with van der Waals surface area (Å²) >= 11 is 0. The summed E-state index contributed by atoms with van der Waals surface area (Å²) in [5, 5.41) is 3.94. The number of benzene rings is 2. The minimum Gasteiger partial charge on any atom is -0.493 e. The summed E-state index contributed by atoms with van der Waals surface area (Å²) in [6.07, 6.45) is 3.42. The van der Waals surface area contributed by atoms with Crippen LogP contribution in [0.3, 0.4) is 0 Å². The molecule has 1 heterocycles. The van der Waals surface area contributed by atoms with Crippen molar-refractivity contribution in [3.05, 3.63) is 59.9 Å². The molecular weight excluding hydrogens is 362 g/mol. The van der Waals surface area contributed by atoms with Gasteiger partial charge < -0.3 is 14.5 Å². The zero-order valence-corrected chi connectivity index (χ0v) is 17.8. The number of nitrogens with one attached hydrogen (secondary N) is 1. The van der Waals surface area contributed by atoms with Crippen LogP contribution in [0.4, 0.5) is 0 Å². The lowest BCUT2D eigenvalue weighted by Crippen LogP contribution is -2.25. The molecule has 0 atom stereocenters. The Morgan fingerprint density at radius 3 is 2.59 bits per heavy atom. The molecule has 0 bridgehead atoms. The molecule has 0 aliphatic carbocycles. The van der Waals surface area contributed by atoms with Crippen molar-refractivity contribution >= 4 is 22.4 Å². The Kier molecular flexibility index (Phi) is 6.42. The fourth-order valence-corrected chi connectivity index (χ4v) is 3.22. The molecule has 0 spiro atoms. The Hall–Kier alpha value is -3.01. The van der Waals surface area contributed by atoms with Crippen molar-refractivity contribution in [3.8, 4) is 16.9 Å². The van der Waals surface area contributed by atoms with E-state index in [0.717, 1.165) is 39.0 Å². The number of furan rings is 1. The van der Waals surface area contributed by atoms with Gasteiger partial charge in [-0.25, -0.2) is 0 Å². The topological polar surface area (TPSA) is 51.5 Å². The van der Waals surface area contributed by atoms with Gasteiger partial charge in [-0.05, 0) is 43.9 Å². The van der Waals surface area contributed by atoms with Crippen LogP contribution in [0.2, 0.25) is 0 Å². The highest BCUT2D eigenvalue weighted by Gasteiger charge is 2.15. The normalized spacial score (nSPS) is 11.9. The summed E-state index contributed by atoms with van der Waals surface area (Å²) in [5.74, 6) is 1.03. The van der Waals surface area contributed by atoms with Gasteiger partial charge in [0.25, 0.3) is 0 Å². The monoisotopic (exact) mass is 391 g/mol. The average molecular weight is 392 g/mol. The van der Waals surface area contributed by atoms with Crippen LogP contribution in [0.15, 0.2) is 53.2 Å². The van der Waals surface area contributed by atoms with Crippen LogP contribution in [0.25, 0.3) is 27.7 Å². The Balaban J connectivity index is 2.04. The van der Waals surface area contributed by atoms with Crippen LogP contribution < -0.4 is 10.1 Å². The van der Waals surface area contributed by atoms with Crippen molar-refractivity contribution in [1.82, 2.24) is 5.32 Å². The van der Waals surface area contributed by atoms with E-state index in [-0.39, 0.29) is 5.91 Å². The first-order valence-corrected chi connectivity index (χ1v) is 10.1. The minimum atomic E-state index is -0.0929. The minimum absolute atomic E-state index is 0.0929. The van der Waals surface area contributed by atoms with Crippen LogP contribution >= 0.6 is 0 Å². The fraction of sp³-hybridized carbons (Fsp3) is 0.320. The summed E-state index contributed by atoms with van der Waals surface area (Å²) in [6, 6.07) is 12.3. The lowest BCUT2D eigenvalue weighted by atomic mass is 9.98. The fourth-order valence-electron chi connectivity index (χ4n) is 3.22. The second kappa shape index (κ2) is 8.99. The van der Waals surface area contributed by atoms with Gasteiger partial charge in [-0.15, -0.1) is 0 Å². The number of carbonyl (C=O) groups excluding carboxylic acids is 1. The summed E-state index contributed by atoms with van der Waals surface area (Å²) in [4.78, 5) is 12.3. The average Bonchev–Trinajstić information content (AvgIpc) is 3.09. The molecule has 0 unspecified atom stereocenters. The summed E-state index contributed by atoms with van der Waals surface area (Å²) in [6.45, 7) is 11.3. The Morgan fingerprint density at radius 1 is 1.21 bits per heavy atom. The first-order valence-electron chi connectivity index (χ1n) is 10.1. The van der Waals surface area contributed by atoms with Gasteiger partial charge >= 0.3 is 0 Å². The van der Waals surface area contributed by atoms with E-state index in [1.165, 1.54) is 5.56 Å². The zero-order valence-electron chi connectivity index (χ0n) is 17.8. The smallest absolute Gasteiger partial charge is 0.244 e. The van der Waals surface area contributed by atoms with Crippen molar-refractivity contribution in [1.29, 1.82) is 0 Å². The first-order chi connectivity index (χ1) is 13.9. The summed E-state index contributed by atoms with van der Waals surface area (Å²) < 4.78 is 11.7. The molecule has 29 heavy (non-hydrogen) atoms. The van der Waals surface area contributed by atoms with Crippen LogP contribution in [0, 0.1) is 12.8 Å².